The second kappa shape index (κ2) is 3.85. The van der Waals surface area contributed by atoms with Crippen molar-refractivity contribution in [3.63, 3.8) is 0 Å². The summed E-state index contributed by atoms with van der Waals surface area (Å²) in [5.41, 5.74) is 1.52. The highest BCUT2D eigenvalue weighted by atomic mass is 19.1. The maximum absolute atomic E-state index is 12.6. The molecule has 1 rings (SSSR count). The Kier molecular flexibility index (Phi) is 2.80. The van der Waals surface area contributed by atoms with Crippen LogP contribution in [0.1, 0.15) is 11.1 Å². The van der Waals surface area contributed by atoms with Crippen molar-refractivity contribution in [2.45, 2.75) is 6.92 Å². The summed E-state index contributed by atoms with van der Waals surface area (Å²) in [6.07, 6.45) is 0.995. The molecule has 3 heteroatoms. The van der Waals surface area contributed by atoms with Crippen LogP contribution in [0.3, 0.4) is 0 Å². The number of rotatable bonds is 2. The molecule has 1 aromatic rings. The lowest BCUT2D eigenvalue weighted by molar-refractivity contribution is -0.134. The Labute approximate surface area is 75.3 Å². The Morgan fingerprint density at radius 3 is 2.77 bits per heavy atom. The fourth-order valence-electron chi connectivity index (χ4n) is 0.968. The van der Waals surface area contributed by atoms with E-state index in [2.05, 4.69) is 0 Å². The van der Waals surface area contributed by atoms with E-state index in [4.69, 9.17) is 5.11 Å². The highest BCUT2D eigenvalue weighted by molar-refractivity contribution is 5.89. The molecule has 0 amide bonds. The number of halogens is 1. The zero-order valence-electron chi connectivity index (χ0n) is 7.12. The summed E-state index contributed by atoms with van der Waals surface area (Å²) in [6, 6.07) is 6.96. The molecule has 2 nitrogen and oxygen atoms in total. The lowest BCUT2D eigenvalue weighted by atomic mass is 10.1. The molecule has 0 saturated heterocycles. The smallest absolute Gasteiger partial charge is 0.364 e. The number of hydrogen-bond donors (Lipinski definition) is 1. The molecule has 13 heavy (non-hydrogen) atoms. The first-order valence-electron chi connectivity index (χ1n) is 3.77. The molecule has 1 N–H and O–H groups in total. The quantitative estimate of drug-likeness (QED) is 0.709. The van der Waals surface area contributed by atoms with Crippen LogP contribution in [-0.2, 0) is 4.79 Å². The van der Waals surface area contributed by atoms with Gasteiger partial charge < -0.3 is 5.11 Å². The zero-order chi connectivity index (χ0) is 9.84. The van der Waals surface area contributed by atoms with E-state index < -0.39 is 11.8 Å². The minimum atomic E-state index is -1.54. The van der Waals surface area contributed by atoms with Gasteiger partial charge in [-0.1, -0.05) is 29.8 Å². The van der Waals surface area contributed by atoms with Gasteiger partial charge >= 0.3 is 5.97 Å². The molecule has 0 atom stereocenters. The van der Waals surface area contributed by atoms with E-state index in [-0.39, 0.29) is 0 Å². The molecule has 68 valence electrons. The number of carbonyl (C=O) groups is 1. The number of benzene rings is 1. The summed E-state index contributed by atoms with van der Waals surface area (Å²) in [4.78, 5) is 10.1. The van der Waals surface area contributed by atoms with Crippen molar-refractivity contribution in [1.82, 2.24) is 0 Å². The third-order valence-corrected chi connectivity index (χ3v) is 1.54. The minimum absolute atomic E-state index is 0.555. The van der Waals surface area contributed by atoms with Gasteiger partial charge in [-0.05, 0) is 18.6 Å². The lowest BCUT2D eigenvalue weighted by Gasteiger charge is -1.95. The third-order valence-electron chi connectivity index (χ3n) is 1.54. The van der Waals surface area contributed by atoms with Crippen molar-refractivity contribution in [1.29, 1.82) is 0 Å². The van der Waals surface area contributed by atoms with Crippen LogP contribution in [-0.4, -0.2) is 11.1 Å². The van der Waals surface area contributed by atoms with Crippen LogP contribution in [0.5, 0.6) is 0 Å². The van der Waals surface area contributed by atoms with E-state index in [0.29, 0.717) is 5.56 Å². The molecule has 0 aliphatic carbocycles. The first-order valence-corrected chi connectivity index (χ1v) is 3.77. The van der Waals surface area contributed by atoms with E-state index in [1.54, 1.807) is 18.2 Å². The van der Waals surface area contributed by atoms with Crippen LogP contribution >= 0.6 is 0 Å². The van der Waals surface area contributed by atoms with E-state index in [1.807, 2.05) is 13.0 Å². The van der Waals surface area contributed by atoms with Crippen molar-refractivity contribution in [2.24, 2.45) is 0 Å². The molecule has 0 aliphatic heterocycles. The molecular weight excluding hydrogens is 171 g/mol. The summed E-state index contributed by atoms with van der Waals surface area (Å²) < 4.78 is 12.6. The summed E-state index contributed by atoms with van der Waals surface area (Å²) in [5, 5.41) is 8.27. The van der Waals surface area contributed by atoms with Crippen molar-refractivity contribution in [3.05, 3.63) is 41.2 Å². The highest BCUT2D eigenvalue weighted by Crippen LogP contribution is 2.09. The molecule has 1 aromatic carbocycles. The topological polar surface area (TPSA) is 37.3 Å². The molecule has 0 aromatic heterocycles. The Balaban J connectivity index is 2.97. The van der Waals surface area contributed by atoms with Crippen molar-refractivity contribution in [2.75, 3.05) is 0 Å². The molecule has 0 bridgehead atoms. The van der Waals surface area contributed by atoms with Crippen molar-refractivity contribution in [3.8, 4) is 0 Å². The predicted octanol–water partition coefficient (Wildman–Crippen LogP) is 2.39. The summed E-state index contributed by atoms with van der Waals surface area (Å²) in [5.74, 6) is -2.69. The largest absolute Gasteiger partial charge is 0.476 e. The van der Waals surface area contributed by atoms with Gasteiger partial charge in [-0.15, -0.1) is 0 Å². The van der Waals surface area contributed by atoms with Gasteiger partial charge in [-0.2, -0.15) is 4.39 Å². The van der Waals surface area contributed by atoms with Gasteiger partial charge in [0.1, 0.15) is 0 Å². The molecule has 0 unspecified atom stereocenters. The second-order valence-corrected chi connectivity index (χ2v) is 2.71. The van der Waals surface area contributed by atoms with Crippen LogP contribution in [0.25, 0.3) is 6.08 Å². The Bertz CT molecular complexity index is 356. The number of aryl methyl sites for hydroxylation is 1. The van der Waals surface area contributed by atoms with Gasteiger partial charge in [0.25, 0.3) is 0 Å². The normalized spacial score (nSPS) is 11.4. The van der Waals surface area contributed by atoms with Gasteiger partial charge in [0.15, 0.2) is 0 Å². The first kappa shape index (κ1) is 9.45. The number of carboxylic acids is 1. The number of aliphatic carboxylic acids is 1. The summed E-state index contributed by atoms with van der Waals surface area (Å²) in [7, 11) is 0. The standard InChI is InChI=1S/C10H9FO2/c1-7-3-2-4-8(5-7)6-9(11)10(12)13/h2-6H,1H3,(H,12,13)/b9-6-. The van der Waals surface area contributed by atoms with E-state index in [0.717, 1.165) is 11.6 Å². The minimum Gasteiger partial charge on any atom is -0.476 e. The molecule has 0 aliphatic rings. The van der Waals surface area contributed by atoms with Crippen LogP contribution in [0, 0.1) is 6.92 Å². The van der Waals surface area contributed by atoms with Gasteiger partial charge in [0.2, 0.25) is 5.83 Å². The molecular formula is C10H9FO2. The molecule has 0 heterocycles. The Morgan fingerprint density at radius 2 is 2.23 bits per heavy atom. The lowest BCUT2D eigenvalue weighted by Crippen LogP contribution is -1.93. The predicted molar refractivity (Wildman–Crippen MR) is 47.9 cm³/mol. The fraction of sp³-hybridized carbons (Fsp3) is 0.100. The van der Waals surface area contributed by atoms with Crippen LogP contribution in [0.2, 0.25) is 0 Å². The average molecular weight is 180 g/mol. The molecule has 0 radical (unpaired) electrons. The van der Waals surface area contributed by atoms with Crippen molar-refractivity contribution >= 4 is 12.0 Å². The van der Waals surface area contributed by atoms with E-state index in [9.17, 15) is 9.18 Å². The SMILES string of the molecule is Cc1cccc(/C=C(\F)C(=O)O)c1. The Morgan fingerprint density at radius 1 is 1.54 bits per heavy atom. The van der Waals surface area contributed by atoms with Crippen LogP contribution in [0.15, 0.2) is 30.1 Å². The van der Waals surface area contributed by atoms with Crippen LogP contribution < -0.4 is 0 Å². The van der Waals surface area contributed by atoms with E-state index >= 15 is 0 Å². The monoisotopic (exact) mass is 180 g/mol. The second-order valence-electron chi connectivity index (χ2n) is 2.71. The number of hydrogen-bond acceptors (Lipinski definition) is 1. The zero-order valence-corrected chi connectivity index (χ0v) is 7.12. The van der Waals surface area contributed by atoms with Gasteiger partial charge in [-0.3, -0.25) is 0 Å². The van der Waals surface area contributed by atoms with E-state index in [1.165, 1.54) is 0 Å². The molecule has 0 fully saturated rings. The fourth-order valence-corrected chi connectivity index (χ4v) is 0.968. The summed E-state index contributed by atoms with van der Waals surface area (Å²) in [6.45, 7) is 1.86. The maximum atomic E-state index is 12.6. The van der Waals surface area contributed by atoms with Gasteiger partial charge in [-0.25, -0.2) is 4.79 Å². The average Bonchev–Trinajstić information content (AvgIpc) is 2.04. The maximum Gasteiger partial charge on any atom is 0.364 e. The number of carboxylic acid groups (broad SMARTS) is 1. The summed E-state index contributed by atoms with van der Waals surface area (Å²) >= 11 is 0. The highest BCUT2D eigenvalue weighted by Gasteiger charge is 2.04. The van der Waals surface area contributed by atoms with Gasteiger partial charge in [0.05, 0.1) is 0 Å². The van der Waals surface area contributed by atoms with Gasteiger partial charge in [0, 0.05) is 0 Å². The van der Waals surface area contributed by atoms with Crippen LogP contribution in [0.4, 0.5) is 4.39 Å². The Hall–Kier alpha value is -1.64. The molecule has 0 saturated carbocycles. The first-order chi connectivity index (χ1) is 6.09. The van der Waals surface area contributed by atoms with Crippen molar-refractivity contribution < 1.29 is 14.3 Å². The molecule has 0 spiro atoms. The third kappa shape index (κ3) is 2.71.